The lowest BCUT2D eigenvalue weighted by molar-refractivity contribution is -0.154. The number of nitrogens with zero attached hydrogens (tertiary/aromatic N) is 1. The number of hydrogen-bond donors (Lipinski definition) is 2. The van der Waals surface area contributed by atoms with Gasteiger partial charge in [0.25, 0.3) is 0 Å². The molecule has 2 aliphatic rings. The number of carbonyl (C=O) groups excluding carboxylic acids is 4. The van der Waals surface area contributed by atoms with Crippen LogP contribution >= 0.6 is 0 Å². The summed E-state index contributed by atoms with van der Waals surface area (Å²) < 4.78 is 118. The molecule has 1 saturated carbocycles. The first-order chi connectivity index (χ1) is 19.8. The molecule has 1 atom stereocenters. The van der Waals surface area contributed by atoms with Crippen LogP contribution in [-0.2, 0) is 33.3 Å². The van der Waals surface area contributed by atoms with Gasteiger partial charge >= 0.3 is 18.5 Å². The minimum atomic E-state index is -5.16. The number of amides is 3. The van der Waals surface area contributed by atoms with Gasteiger partial charge in [-0.05, 0) is 48.7 Å². The average molecular weight is 623 g/mol. The SMILES string of the molecule is O=C(CC1(NC(=O)CC(F)(F)F)CC1)N[C@@H]1CC(=O)c2ccccc2N(Cc2cc(C(F)(F)F)cc(C(F)(F)F)c2)C1=O. The van der Waals surface area contributed by atoms with Crippen molar-refractivity contribution >= 4 is 29.2 Å². The molecule has 4 rings (SSSR count). The van der Waals surface area contributed by atoms with E-state index in [2.05, 4.69) is 10.6 Å². The molecule has 2 N–H and O–H groups in total. The minimum absolute atomic E-state index is 0.0740. The highest BCUT2D eigenvalue weighted by Gasteiger charge is 2.48. The number of benzene rings is 2. The lowest BCUT2D eigenvalue weighted by atomic mass is 10.0. The molecule has 232 valence electrons. The molecule has 0 radical (unpaired) electrons. The molecule has 16 heteroatoms. The van der Waals surface area contributed by atoms with Gasteiger partial charge in [0.2, 0.25) is 17.7 Å². The Morgan fingerprint density at radius 3 is 1.98 bits per heavy atom. The molecule has 1 aliphatic heterocycles. The molecule has 7 nitrogen and oxygen atoms in total. The van der Waals surface area contributed by atoms with Crippen molar-refractivity contribution in [3.05, 3.63) is 64.7 Å². The lowest BCUT2D eigenvalue weighted by Gasteiger charge is -2.27. The Kier molecular flexibility index (Phi) is 8.28. The fourth-order valence-corrected chi connectivity index (χ4v) is 4.77. The van der Waals surface area contributed by atoms with Crippen LogP contribution in [0.15, 0.2) is 42.5 Å². The molecular weight excluding hydrogens is 601 g/mol. The molecule has 1 aliphatic carbocycles. The number of fused-ring (bicyclic) bond motifs is 1. The van der Waals surface area contributed by atoms with Gasteiger partial charge in [-0.15, -0.1) is 0 Å². The molecule has 2 aromatic carbocycles. The largest absolute Gasteiger partial charge is 0.416 e. The number of carbonyl (C=O) groups is 4. The molecule has 43 heavy (non-hydrogen) atoms. The van der Waals surface area contributed by atoms with Gasteiger partial charge in [0.1, 0.15) is 12.5 Å². The van der Waals surface area contributed by atoms with Crippen molar-refractivity contribution in [1.29, 1.82) is 0 Å². The monoisotopic (exact) mass is 623 g/mol. The molecule has 0 aromatic heterocycles. The zero-order chi connectivity index (χ0) is 32.0. The number of nitrogens with one attached hydrogen (secondary N) is 2. The number of halogens is 9. The molecule has 0 saturated heterocycles. The molecule has 1 heterocycles. The van der Waals surface area contributed by atoms with Gasteiger partial charge in [-0.25, -0.2) is 0 Å². The highest BCUT2D eigenvalue weighted by molar-refractivity contribution is 6.12. The summed E-state index contributed by atoms with van der Waals surface area (Å²) in [7, 11) is 0. The molecule has 0 unspecified atom stereocenters. The Labute approximate surface area is 237 Å². The number of Topliss-reactive ketones (excluding diaryl/α,β-unsaturated/α-hetero) is 1. The van der Waals surface area contributed by atoms with Crippen molar-refractivity contribution < 1.29 is 58.7 Å². The third-order valence-electron chi connectivity index (χ3n) is 6.89. The number of ketones is 1. The maximum atomic E-state index is 13.6. The van der Waals surface area contributed by atoms with Gasteiger partial charge < -0.3 is 15.5 Å². The fourth-order valence-electron chi connectivity index (χ4n) is 4.77. The van der Waals surface area contributed by atoms with Crippen LogP contribution in [0.2, 0.25) is 0 Å². The molecule has 2 aromatic rings. The molecular formula is C27H22F9N3O4. The van der Waals surface area contributed by atoms with Crippen LogP contribution < -0.4 is 15.5 Å². The van der Waals surface area contributed by atoms with Crippen molar-refractivity contribution in [2.75, 3.05) is 4.90 Å². The smallest absolute Gasteiger partial charge is 0.350 e. The van der Waals surface area contributed by atoms with Gasteiger partial charge in [-0.3, -0.25) is 19.2 Å². The molecule has 3 amide bonds. The second-order valence-corrected chi connectivity index (χ2v) is 10.4. The van der Waals surface area contributed by atoms with E-state index in [1.165, 1.54) is 24.3 Å². The van der Waals surface area contributed by atoms with Crippen LogP contribution in [0.4, 0.5) is 45.2 Å². The minimum Gasteiger partial charge on any atom is -0.350 e. The number of para-hydroxylation sites is 1. The maximum absolute atomic E-state index is 13.6. The van der Waals surface area contributed by atoms with Crippen molar-refractivity contribution in [2.45, 2.75) is 68.8 Å². The van der Waals surface area contributed by atoms with Crippen LogP contribution in [0.5, 0.6) is 0 Å². The first-order valence-corrected chi connectivity index (χ1v) is 12.7. The summed E-state index contributed by atoms with van der Waals surface area (Å²) >= 11 is 0. The molecule has 0 bridgehead atoms. The van der Waals surface area contributed by atoms with E-state index in [4.69, 9.17) is 0 Å². The Bertz CT molecular complexity index is 1410. The maximum Gasteiger partial charge on any atom is 0.416 e. The van der Waals surface area contributed by atoms with E-state index < -0.39 is 96.1 Å². The zero-order valence-electron chi connectivity index (χ0n) is 21.8. The fraction of sp³-hybridized carbons (Fsp3) is 0.407. The molecule has 0 spiro atoms. The van der Waals surface area contributed by atoms with Gasteiger partial charge in [0.15, 0.2) is 5.78 Å². The van der Waals surface area contributed by atoms with Crippen molar-refractivity contribution in [2.24, 2.45) is 0 Å². The van der Waals surface area contributed by atoms with Crippen LogP contribution in [-0.4, -0.2) is 41.3 Å². The highest BCUT2D eigenvalue weighted by Crippen LogP contribution is 2.40. The van der Waals surface area contributed by atoms with Crippen LogP contribution in [0.1, 0.15) is 59.2 Å². The van der Waals surface area contributed by atoms with Crippen molar-refractivity contribution in [3.8, 4) is 0 Å². The van der Waals surface area contributed by atoms with Crippen molar-refractivity contribution in [3.63, 3.8) is 0 Å². The first kappa shape index (κ1) is 31.8. The third kappa shape index (κ3) is 7.84. The van der Waals surface area contributed by atoms with Crippen LogP contribution in [0, 0.1) is 0 Å². The lowest BCUT2D eigenvalue weighted by Crippen LogP contribution is -2.50. The van der Waals surface area contributed by atoms with E-state index in [1.54, 1.807) is 0 Å². The predicted octanol–water partition coefficient (Wildman–Crippen LogP) is 5.32. The van der Waals surface area contributed by atoms with E-state index in [-0.39, 0.29) is 30.2 Å². The van der Waals surface area contributed by atoms with E-state index in [0.717, 1.165) is 4.90 Å². The van der Waals surface area contributed by atoms with Gasteiger partial charge in [0.05, 0.1) is 23.4 Å². The normalized spacial score (nSPS) is 18.5. The van der Waals surface area contributed by atoms with Gasteiger partial charge in [-0.1, -0.05) is 12.1 Å². The van der Waals surface area contributed by atoms with Crippen LogP contribution in [0.25, 0.3) is 0 Å². The number of hydrogen-bond acceptors (Lipinski definition) is 4. The average Bonchev–Trinajstić information content (AvgIpc) is 3.62. The standard InChI is InChI=1S/C27H22F9N3O4/c28-25(29,30)12-22(42)38-24(5-6-24)11-21(41)37-18-10-20(40)17-3-1-2-4-19(17)39(23(18)43)13-14-7-15(26(31,32)33)9-16(8-14)27(34,35)36/h1-4,7-9,18H,5-6,10-13H2,(H,37,41)(H,38,42)/t18-/m1/s1. The van der Waals surface area contributed by atoms with Gasteiger partial charge in [-0.2, -0.15) is 39.5 Å². The number of alkyl halides is 9. The highest BCUT2D eigenvalue weighted by atomic mass is 19.4. The number of rotatable bonds is 7. The molecule has 1 fully saturated rings. The van der Waals surface area contributed by atoms with E-state index >= 15 is 0 Å². The first-order valence-electron chi connectivity index (χ1n) is 12.7. The summed E-state index contributed by atoms with van der Waals surface area (Å²) in [6.07, 6.45) is -17.7. The van der Waals surface area contributed by atoms with E-state index in [9.17, 15) is 58.7 Å². The number of anilines is 1. The second kappa shape index (κ2) is 11.2. The Morgan fingerprint density at radius 2 is 1.44 bits per heavy atom. The Balaban J connectivity index is 1.60. The predicted molar refractivity (Wildman–Crippen MR) is 130 cm³/mol. The van der Waals surface area contributed by atoms with E-state index in [1.807, 2.05) is 0 Å². The quantitative estimate of drug-likeness (QED) is 0.409. The summed E-state index contributed by atoms with van der Waals surface area (Å²) in [5.74, 6) is -3.97. The second-order valence-electron chi connectivity index (χ2n) is 10.4. The Morgan fingerprint density at radius 1 is 0.860 bits per heavy atom. The third-order valence-corrected chi connectivity index (χ3v) is 6.89. The summed E-state index contributed by atoms with van der Waals surface area (Å²) in [4.78, 5) is 51.9. The van der Waals surface area contributed by atoms with Crippen LogP contribution in [0.3, 0.4) is 0 Å². The van der Waals surface area contributed by atoms with Gasteiger partial charge in [0, 0.05) is 23.9 Å². The Hall–Kier alpha value is -4.11. The summed E-state index contributed by atoms with van der Waals surface area (Å²) in [5, 5.41) is 4.44. The topological polar surface area (TPSA) is 95.6 Å². The zero-order valence-corrected chi connectivity index (χ0v) is 21.8. The summed E-state index contributed by atoms with van der Waals surface area (Å²) in [5.41, 5.74) is -5.27. The summed E-state index contributed by atoms with van der Waals surface area (Å²) in [6, 6.07) is 4.55. The van der Waals surface area contributed by atoms with Crippen molar-refractivity contribution in [1.82, 2.24) is 10.6 Å². The van der Waals surface area contributed by atoms with E-state index in [0.29, 0.717) is 12.1 Å². The summed E-state index contributed by atoms with van der Waals surface area (Å²) in [6.45, 7) is -0.833.